The lowest BCUT2D eigenvalue weighted by Crippen LogP contribution is -2.32. The average Bonchev–Trinajstić information content (AvgIpc) is 2.49. The van der Waals surface area contributed by atoms with Gasteiger partial charge in [0.2, 0.25) is 0 Å². The molecular formula is C19H42N2. The molecule has 0 aliphatic heterocycles. The predicted molar refractivity (Wildman–Crippen MR) is 96.4 cm³/mol. The summed E-state index contributed by atoms with van der Waals surface area (Å²) in [6.07, 6.45) is 20.7. The van der Waals surface area contributed by atoms with Crippen molar-refractivity contribution in [2.24, 2.45) is 5.84 Å². The van der Waals surface area contributed by atoms with Crippen molar-refractivity contribution in [1.82, 2.24) is 5.01 Å². The maximum atomic E-state index is 6.03. The zero-order valence-corrected chi connectivity index (χ0v) is 15.0. The summed E-state index contributed by atoms with van der Waals surface area (Å²) in [5.41, 5.74) is 0. The predicted octanol–water partition coefficient (Wildman–Crippen LogP) is 6.05. The Balaban J connectivity index is 3.09. The van der Waals surface area contributed by atoms with Gasteiger partial charge in [-0.2, -0.15) is 0 Å². The Hall–Kier alpha value is -0.0800. The van der Waals surface area contributed by atoms with Crippen LogP contribution in [0.5, 0.6) is 0 Å². The Morgan fingerprint density at radius 2 is 0.762 bits per heavy atom. The van der Waals surface area contributed by atoms with Gasteiger partial charge in [-0.25, -0.2) is 5.01 Å². The molecule has 0 atom stereocenters. The number of rotatable bonds is 17. The zero-order valence-electron chi connectivity index (χ0n) is 15.0. The zero-order chi connectivity index (χ0) is 15.6. The largest absolute Gasteiger partial charge is 0.269 e. The topological polar surface area (TPSA) is 29.3 Å². The van der Waals surface area contributed by atoms with E-state index in [4.69, 9.17) is 5.84 Å². The lowest BCUT2D eigenvalue weighted by molar-refractivity contribution is 0.268. The number of nitrogens with zero attached hydrogens (tertiary/aromatic N) is 1. The minimum absolute atomic E-state index is 1.08. The van der Waals surface area contributed by atoms with Crippen LogP contribution >= 0.6 is 0 Å². The second kappa shape index (κ2) is 18.0. The second-order valence-corrected chi connectivity index (χ2v) is 6.63. The number of hydrogen-bond acceptors (Lipinski definition) is 2. The first-order valence-corrected chi connectivity index (χ1v) is 9.80. The molecule has 0 saturated heterocycles. The summed E-state index contributed by atoms with van der Waals surface area (Å²) in [6, 6.07) is 0. The first-order valence-electron chi connectivity index (χ1n) is 9.80. The molecule has 0 fully saturated rings. The molecule has 0 unspecified atom stereocenters. The van der Waals surface area contributed by atoms with Gasteiger partial charge in [-0.05, 0) is 12.8 Å². The van der Waals surface area contributed by atoms with Crippen molar-refractivity contribution in [3.8, 4) is 0 Å². The van der Waals surface area contributed by atoms with Gasteiger partial charge < -0.3 is 0 Å². The van der Waals surface area contributed by atoms with E-state index in [9.17, 15) is 0 Å². The molecule has 0 aliphatic rings. The maximum Gasteiger partial charge on any atom is 0.0128 e. The molecule has 0 bridgehead atoms. The molecule has 0 saturated carbocycles. The number of hydrogen-bond donors (Lipinski definition) is 1. The summed E-state index contributed by atoms with van der Waals surface area (Å²) in [5, 5.41) is 2.04. The van der Waals surface area contributed by atoms with E-state index in [2.05, 4.69) is 13.8 Å². The molecule has 0 rings (SSSR count). The maximum absolute atomic E-state index is 6.03. The SMILES string of the molecule is CCCCCCCCCCCCN(N)CCCCCCC. The first kappa shape index (κ1) is 20.9. The van der Waals surface area contributed by atoms with Crippen molar-refractivity contribution in [2.75, 3.05) is 13.1 Å². The Labute approximate surface area is 134 Å². The van der Waals surface area contributed by atoms with E-state index in [1.165, 1.54) is 96.3 Å². The molecule has 2 N–H and O–H groups in total. The molecule has 0 spiro atoms. The van der Waals surface area contributed by atoms with Gasteiger partial charge in [-0.1, -0.05) is 97.3 Å². The van der Waals surface area contributed by atoms with Crippen LogP contribution in [0.3, 0.4) is 0 Å². The van der Waals surface area contributed by atoms with Crippen LogP contribution in [0.1, 0.15) is 110 Å². The van der Waals surface area contributed by atoms with E-state index < -0.39 is 0 Å². The summed E-state index contributed by atoms with van der Waals surface area (Å²) < 4.78 is 0. The molecule has 0 radical (unpaired) electrons. The molecule has 0 aromatic rings. The van der Waals surface area contributed by atoms with E-state index in [0.29, 0.717) is 0 Å². The van der Waals surface area contributed by atoms with Crippen LogP contribution in [-0.2, 0) is 0 Å². The summed E-state index contributed by atoms with van der Waals surface area (Å²) in [6.45, 7) is 6.72. The highest BCUT2D eigenvalue weighted by Gasteiger charge is 1.99. The second-order valence-electron chi connectivity index (χ2n) is 6.63. The van der Waals surface area contributed by atoms with Gasteiger partial charge in [0.1, 0.15) is 0 Å². The Kier molecular flexibility index (Phi) is 17.9. The van der Waals surface area contributed by atoms with Crippen LogP contribution in [-0.4, -0.2) is 18.1 Å². The Morgan fingerprint density at radius 1 is 0.476 bits per heavy atom. The molecule has 0 amide bonds. The van der Waals surface area contributed by atoms with Crippen LogP contribution < -0.4 is 5.84 Å². The fraction of sp³-hybridized carbons (Fsp3) is 1.00. The highest BCUT2D eigenvalue weighted by atomic mass is 15.4. The van der Waals surface area contributed by atoms with Gasteiger partial charge in [-0.3, -0.25) is 5.84 Å². The molecular weight excluding hydrogens is 256 g/mol. The average molecular weight is 299 g/mol. The van der Waals surface area contributed by atoms with Crippen LogP contribution in [0.25, 0.3) is 0 Å². The van der Waals surface area contributed by atoms with Gasteiger partial charge in [0.25, 0.3) is 0 Å². The molecule has 0 aromatic carbocycles. The number of nitrogens with two attached hydrogens (primary N) is 1. The van der Waals surface area contributed by atoms with Crippen molar-refractivity contribution in [3.63, 3.8) is 0 Å². The third kappa shape index (κ3) is 17.9. The molecule has 21 heavy (non-hydrogen) atoms. The van der Waals surface area contributed by atoms with Crippen LogP contribution in [0, 0.1) is 0 Å². The van der Waals surface area contributed by atoms with Crippen molar-refractivity contribution in [3.05, 3.63) is 0 Å². The van der Waals surface area contributed by atoms with Crippen LogP contribution in [0.15, 0.2) is 0 Å². The Bertz CT molecular complexity index is 182. The highest BCUT2D eigenvalue weighted by molar-refractivity contribution is 4.53. The quantitative estimate of drug-likeness (QED) is 0.201. The molecule has 2 heteroatoms. The van der Waals surface area contributed by atoms with Crippen LogP contribution in [0.4, 0.5) is 0 Å². The third-order valence-electron chi connectivity index (χ3n) is 4.35. The van der Waals surface area contributed by atoms with Crippen molar-refractivity contribution < 1.29 is 0 Å². The van der Waals surface area contributed by atoms with E-state index in [-0.39, 0.29) is 0 Å². The minimum Gasteiger partial charge on any atom is -0.269 e. The fourth-order valence-electron chi connectivity index (χ4n) is 2.83. The lowest BCUT2D eigenvalue weighted by atomic mass is 10.1. The first-order chi connectivity index (χ1) is 10.3. The molecule has 2 nitrogen and oxygen atoms in total. The van der Waals surface area contributed by atoms with Crippen molar-refractivity contribution in [2.45, 2.75) is 110 Å². The number of hydrazine groups is 1. The van der Waals surface area contributed by atoms with Gasteiger partial charge in [0, 0.05) is 13.1 Å². The normalized spacial score (nSPS) is 11.4. The van der Waals surface area contributed by atoms with Gasteiger partial charge in [0.15, 0.2) is 0 Å². The van der Waals surface area contributed by atoms with Crippen molar-refractivity contribution >= 4 is 0 Å². The van der Waals surface area contributed by atoms with E-state index in [1.54, 1.807) is 0 Å². The monoisotopic (exact) mass is 298 g/mol. The third-order valence-corrected chi connectivity index (χ3v) is 4.35. The van der Waals surface area contributed by atoms with E-state index in [0.717, 1.165) is 13.1 Å². The smallest absolute Gasteiger partial charge is 0.0128 e. The van der Waals surface area contributed by atoms with Crippen molar-refractivity contribution in [1.29, 1.82) is 0 Å². The summed E-state index contributed by atoms with van der Waals surface area (Å²) >= 11 is 0. The van der Waals surface area contributed by atoms with E-state index in [1.807, 2.05) is 5.01 Å². The van der Waals surface area contributed by atoms with Gasteiger partial charge in [-0.15, -0.1) is 0 Å². The minimum atomic E-state index is 1.08. The Morgan fingerprint density at radius 3 is 1.10 bits per heavy atom. The highest BCUT2D eigenvalue weighted by Crippen LogP contribution is 2.10. The summed E-state index contributed by atoms with van der Waals surface area (Å²) in [7, 11) is 0. The van der Waals surface area contributed by atoms with Gasteiger partial charge in [0.05, 0.1) is 0 Å². The van der Waals surface area contributed by atoms with Gasteiger partial charge >= 0.3 is 0 Å². The lowest BCUT2D eigenvalue weighted by Gasteiger charge is -2.15. The molecule has 0 aliphatic carbocycles. The molecule has 0 aromatic heterocycles. The number of unbranched alkanes of at least 4 members (excludes halogenated alkanes) is 13. The fourth-order valence-corrected chi connectivity index (χ4v) is 2.83. The van der Waals surface area contributed by atoms with E-state index >= 15 is 0 Å². The summed E-state index contributed by atoms with van der Waals surface area (Å²) in [4.78, 5) is 0. The summed E-state index contributed by atoms with van der Waals surface area (Å²) in [5.74, 6) is 6.03. The molecule has 128 valence electrons. The molecule has 0 heterocycles. The standard InChI is InChI=1S/C19H42N2/c1-3-5-7-9-10-11-12-13-15-17-19-21(20)18-16-14-8-6-4-2/h3-20H2,1-2H3. The van der Waals surface area contributed by atoms with Crippen LogP contribution in [0.2, 0.25) is 0 Å².